The van der Waals surface area contributed by atoms with Crippen molar-refractivity contribution >= 4 is 23.2 Å². The zero-order valence-electron chi connectivity index (χ0n) is 10.8. The Morgan fingerprint density at radius 1 is 1.50 bits per heavy atom. The molecular weight excluding hydrogens is 280 g/mol. The Balaban J connectivity index is 1.77. The molecule has 0 aliphatic rings. The molecule has 2 aromatic rings. The summed E-state index contributed by atoms with van der Waals surface area (Å²) in [6, 6.07) is 0. The molecule has 0 aromatic carbocycles. The van der Waals surface area contributed by atoms with Crippen molar-refractivity contribution in [2.45, 2.75) is 19.8 Å². The normalized spacial score (nSPS) is 10.4. The molecule has 0 unspecified atom stereocenters. The average molecular weight is 294 g/mol. The number of carboxylic acid groups (broad SMARTS) is 1. The second-order valence-electron chi connectivity index (χ2n) is 4.22. The van der Waals surface area contributed by atoms with E-state index in [1.807, 2.05) is 6.92 Å². The first-order valence-corrected chi connectivity index (χ1v) is 6.91. The van der Waals surface area contributed by atoms with E-state index in [0.29, 0.717) is 6.54 Å². The summed E-state index contributed by atoms with van der Waals surface area (Å²) in [6.45, 7) is 2.45. The van der Waals surface area contributed by atoms with Crippen LogP contribution in [0.3, 0.4) is 0 Å². The molecule has 2 heterocycles. The molecule has 0 saturated carbocycles. The van der Waals surface area contributed by atoms with Crippen molar-refractivity contribution < 1.29 is 14.7 Å². The molecule has 0 spiro atoms. The molecule has 0 radical (unpaired) electrons. The van der Waals surface area contributed by atoms with Crippen LogP contribution in [0.4, 0.5) is 0 Å². The molecule has 20 heavy (non-hydrogen) atoms. The van der Waals surface area contributed by atoms with Crippen LogP contribution >= 0.6 is 11.3 Å². The number of carbonyl (C=O) groups is 2. The van der Waals surface area contributed by atoms with Crippen molar-refractivity contribution in [2.24, 2.45) is 0 Å². The number of aromatic amines is 1. The van der Waals surface area contributed by atoms with Crippen molar-refractivity contribution in [2.75, 3.05) is 6.54 Å². The minimum absolute atomic E-state index is 0.103. The maximum absolute atomic E-state index is 11.7. The molecule has 0 aliphatic carbocycles. The van der Waals surface area contributed by atoms with Gasteiger partial charge in [-0.25, -0.2) is 9.78 Å². The number of H-pyrrole nitrogens is 1. The fourth-order valence-electron chi connectivity index (χ4n) is 1.66. The van der Waals surface area contributed by atoms with Crippen LogP contribution in [0.1, 0.15) is 38.0 Å². The highest BCUT2D eigenvalue weighted by Gasteiger charge is 2.14. The number of aryl methyl sites for hydroxylation is 2. The van der Waals surface area contributed by atoms with Crippen LogP contribution in [0.5, 0.6) is 0 Å². The van der Waals surface area contributed by atoms with Gasteiger partial charge in [-0.05, 0) is 25.3 Å². The third-order valence-corrected chi connectivity index (χ3v) is 3.60. The third-order valence-electron chi connectivity index (χ3n) is 2.76. The first-order valence-electron chi connectivity index (χ1n) is 6.04. The number of nitrogens with zero attached hydrogens (tertiary/aromatic N) is 2. The first-order chi connectivity index (χ1) is 9.58. The summed E-state index contributed by atoms with van der Waals surface area (Å²) in [4.78, 5) is 26.1. The number of aromatic carboxylic acids is 1. The fraction of sp³-hybridized carbons (Fsp3) is 0.333. The Bertz CT molecular complexity index is 620. The Morgan fingerprint density at radius 2 is 2.30 bits per heavy atom. The van der Waals surface area contributed by atoms with E-state index in [9.17, 15) is 9.59 Å². The largest absolute Gasteiger partial charge is 0.476 e. The zero-order chi connectivity index (χ0) is 14.5. The van der Waals surface area contributed by atoms with Gasteiger partial charge >= 0.3 is 5.97 Å². The maximum Gasteiger partial charge on any atom is 0.355 e. The number of hydrogen-bond acceptors (Lipinski definition) is 5. The van der Waals surface area contributed by atoms with E-state index >= 15 is 0 Å². The average Bonchev–Trinajstić information content (AvgIpc) is 3.03. The van der Waals surface area contributed by atoms with Gasteiger partial charge in [0.15, 0.2) is 10.7 Å². The highest BCUT2D eigenvalue weighted by Crippen LogP contribution is 2.10. The standard InChI is InChI=1S/C12H14N4O3S/c1-7-8(5-14-16-7)3-2-4-13-10(17)11-15-9(6-20-11)12(18)19/h5-6H,2-4H2,1H3,(H,13,17)(H,14,16)(H,18,19). The molecule has 0 saturated heterocycles. The van der Waals surface area contributed by atoms with Gasteiger partial charge < -0.3 is 10.4 Å². The van der Waals surface area contributed by atoms with Gasteiger partial charge in [0.1, 0.15) is 0 Å². The van der Waals surface area contributed by atoms with Crippen LogP contribution in [0.2, 0.25) is 0 Å². The number of hydrogen-bond donors (Lipinski definition) is 3. The van der Waals surface area contributed by atoms with E-state index in [-0.39, 0.29) is 16.6 Å². The predicted molar refractivity (Wildman–Crippen MR) is 73.1 cm³/mol. The monoisotopic (exact) mass is 294 g/mol. The molecule has 1 amide bonds. The van der Waals surface area contributed by atoms with Crippen LogP contribution in [0.15, 0.2) is 11.6 Å². The van der Waals surface area contributed by atoms with Gasteiger partial charge in [0, 0.05) is 17.6 Å². The molecule has 8 heteroatoms. The van der Waals surface area contributed by atoms with Crippen molar-refractivity contribution in [3.63, 3.8) is 0 Å². The minimum atomic E-state index is -1.13. The molecule has 106 valence electrons. The van der Waals surface area contributed by atoms with Gasteiger partial charge in [0.25, 0.3) is 5.91 Å². The van der Waals surface area contributed by atoms with Crippen molar-refractivity contribution in [1.82, 2.24) is 20.5 Å². The highest BCUT2D eigenvalue weighted by atomic mass is 32.1. The van der Waals surface area contributed by atoms with Gasteiger partial charge in [-0.3, -0.25) is 9.89 Å². The van der Waals surface area contributed by atoms with Crippen LogP contribution < -0.4 is 5.32 Å². The maximum atomic E-state index is 11.7. The SMILES string of the molecule is Cc1[nH]ncc1CCCNC(=O)c1nc(C(=O)O)cs1. The lowest BCUT2D eigenvalue weighted by Crippen LogP contribution is -2.24. The Hall–Kier alpha value is -2.22. The van der Waals surface area contributed by atoms with Crippen LogP contribution in [-0.4, -0.2) is 38.7 Å². The second kappa shape index (κ2) is 6.29. The summed E-state index contributed by atoms with van der Waals surface area (Å²) in [5.74, 6) is -1.47. The molecule has 0 bridgehead atoms. The summed E-state index contributed by atoms with van der Waals surface area (Å²) in [6.07, 6.45) is 3.38. The third kappa shape index (κ3) is 3.41. The first kappa shape index (κ1) is 14.2. The molecule has 0 atom stereocenters. The summed E-state index contributed by atoms with van der Waals surface area (Å²) < 4.78 is 0. The number of carboxylic acids is 1. The van der Waals surface area contributed by atoms with Crippen molar-refractivity contribution in [3.8, 4) is 0 Å². The van der Waals surface area contributed by atoms with Gasteiger partial charge in [-0.15, -0.1) is 11.3 Å². The Labute approximate surface area is 119 Å². The quantitative estimate of drug-likeness (QED) is 0.695. The summed E-state index contributed by atoms with van der Waals surface area (Å²) in [7, 11) is 0. The highest BCUT2D eigenvalue weighted by molar-refractivity contribution is 7.11. The van der Waals surface area contributed by atoms with Crippen molar-refractivity contribution in [1.29, 1.82) is 0 Å². The smallest absolute Gasteiger partial charge is 0.355 e. The number of thiazole rings is 1. The summed E-state index contributed by atoms with van der Waals surface area (Å²) in [5, 5.41) is 19.8. The molecule has 0 fully saturated rings. The van der Waals surface area contributed by atoms with Crippen LogP contribution in [0.25, 0.3) is 0 Å². The lowest BCUT2D eigenvalue weighted by Gasteiger charge is -2.02. The Kier molecular flexibility index (Phi) is 4.46. The zero-order valence-corrected chi connectivity index (χ0v) is 11.7. The van der Waals surface area contributed by atoms with Crippen LogP contribution in [0, 0.1) is 6.92 Å². The predicted octanol–water partition coefficient (Wildman–Crippen LogP) is 1.24. The summed E-state index contributed by atoms with van der Waals surface area (Å²) >= 11 is 1.03. The van der Waals surface area contributed by atoms with E-state index in [4.69, 9.17) is 5.11 Å². The number of rotatable bonds is 6. The minimum Gasteiger partial charge on any atom is -0.476 e. The number of aromatic nitrogens is 3. The second-order valence-corrected chi connectivity index (χ2v) is 5.08. The van der Waals surface area contributed by atoms with E-state index < -0.39 is 5.97 Å². The Morgan fingerprint density at radius 3 is 2.90 bits per heavy atom. The summed E-state index contributed by atoms with van der Waals surface area (Å²) in [5.41, 5.74) is 2.05. The molecule has 7 nitrogen and oxygen atoms in total. The number of carbonyl (C=O) groups excluding carboxylic acids is 1. The molecule has 2 aromatic heterocycles. The van der Waals surface area contributed by atoms with E-state index in [0.717, 1.165) is 35.4 Å². The molecular formula is C12H14N4O3S. The molecule has 2 rings (SSSR count). The van der Waals surface area contributed by atoms with Gasteiger partial charge in [0.05, 0.1) is 6.20 Å². The fourth-order valence-corrected chi connectivity index (χ4v) is 2.37. The van der Waals surface area contributed by atoms with Gasteiger partial charge in [-0.1, -0.05) is 0 Å². The lowest BCUT2D eigenvalue weighted by molar-refractivity contribution is 0.0691. The number of amides is 1. The van der Waals surface area contributed by atoms with Gasteiger partial charge in [0.2, 0.25) is 0 Å². The molecule has 3 N–H and O–H groups in total. The van der Waals surface area contributed by atoms with Crippen molar-refractivity contribution in [3.05, 3.63) is 33.5 Å². The van der Waals surface area contributed by atoms with E-state index in [2.05, 4.69) is 20.5 Å². The van der Waals surface area contributed by atoms with E-state index in [1.54, 1.807) is 6.20 Å². The van der Waals surface area contributed by atoms with Gasteiger partial charge in [-0.2, -0.15) is 5.10 Å². The van der Waals surface area contributed by atoms with E-state index in [1.165, 1.54) is 5.38 Å². The molecule has 0 aliphatic heterocycles. The van der Waals surface area contributed by atoms with Crippen LogP contribution in [-0.2, 0) is 6.42 Å². The topological polar surface area (TPSA) is 108 Å². The lowest BCUT2D eigenvalue weighted by atomic mass is 10.1. The number of nitrogens with one attached hydrogen (secondary N) is 2.